The Bertz CT molecular complexity index is 3590. The highest BCUT2D eigenvalue weighted by atomic mass is 127. The van der Waals surface area contributed by atoms with Crippen LogP contribution in [-0.2, 0) is 16.3 Å². The number of fused-ring (bicyclic) bond motifs is 2. The summed E-state index contributed by atoms with van der Waals surface area (Å²) in [5.41, 5.74) is 9.50. The molecule has 0 saturated carbocycles. The van der Waals surface area contributed by atoms with Crippen LogP contribution in [0, 0.1) is 7.14 Å². The number of hydrogen-bond acceptors (Lipinski definition) is 13. The quantitative estimate of drug-likeness (QED) is 0.0166. The summed E-state index contributed by atoms with van der Waals surface area (Å²) in [4.78, 5) is 49.5. The molecule has 0 heterocycles. The number of halogens is 2. The van der Waals surface area contributed by atoms with E-state index < -0.39 is 11.9 Å². The normalized spacial score (nSPS) is 11.4. The van der Waals surface area contributed by atoms with Gasteiger partial charge in [-0.2, -0.15) is 10.2 Å². The number of phenolic OH excluding ortho intramolecular Hbond substituents is 2. The van der Waals surface area contributed by atoms with Crippen LogP contribution < -0.4 is 16.1 Å². The molecule has 17 heteroatoms. The first kappa shape index (κ1) is 48.5. The lowest BCUT2D eigenvalue weighted by Gasteiger charge is -2.09. The van der Waals surface area contributed by atoms with E-state index in [-0.39, 0.29) is 35.1 Å². The van der Waals surface area contributed by atoms with Gasteiger partial charge in [0.2, 0.25) is 6.40 Å². The summed E-state index contributed by atoms with van der Waals surface area (Å²) in [5.74, 6) is -0.878. The molecule has 0 atom stereocenters. The molecular weight excluding hydrogens is 1140 g/mol. The molecule has 0 saturated heterocycles. The molecule has 0 unspecified atom stereocenters. The second kappa shape index (κ2) is 22.5. The predicted molar refractivity (Wildman–Crippen MR) is 294 cm³/mol. The predicted octanol–water partition coefficient (Wildman–Crippen LogP) is 14.8. The second-order valence-electron chi connectivity index (χ2n) is 15.9. The van der Waals surface area contributed by atoms with E-state index in [1.165, 1.54) is 12.5 Å². The van der Waals surface area contributed by atoms with E-state index in [1.54, 1.807) is 103 Å². The minimum atomic E-state index is -0.663. The first-order chi connectivity index (χ1) is 35.0. The number of carbonyl (C=O) groups is 3. The first-order valence-corrected chi connectivity index (χ1v) is 24.1. The van der Waals surface area contributed by atoms with E-state index in [0.29, 0.717) is 50.0 Å². The van der Waals surface area contributed by atoms with Crippen LogP contribution >= 0.6 is 45.2 Å². The van der Waals surface area contributed by atoms with Gasteiger partial charge in [0.05, 0.1) is 17.1 Å². The lowest BCUT2D eigenvalue weighted by atomic mass is 9.99. The van der Waals surface area contributed by atoms with Gasteiger partial charge < -0.3 is 25.2 Å². The summed E-state index contributed by atoms with van der Waals surface area (Å²) in [5, 5.41) is 50.3. The molecule has 0 spiro atoms. The standard InChI is InChI=1S/C55H38I2N8O7/c56-41-3-1-5-45(29-41)59-55(70)60-54(69)40-16-24-48-39(28-40)18-26-50(67)52(48)64-61-43-19-12-35(13-20-43)34-8-10-36(11-9-34)53(68)37-14-21-44(22-15-37)62-63-51-47-23-7-33(27-38(47)17-25-49(51)66)31-71-58-32-72-65-46-6-2-4-42(57)30-46/h1-30,32,65-67H,31H2,(H2,59,60,69,70)/b58-32+,63-62?,64-61?. The van der Waals surface area contributed by atoms with E-state index in [2.05, 4.69) is 86.9 Å². The third-order valence-electron chi connectivity index (χ3n) is 11.0. The van der Waals surface area contributed by atoms with Gasteiger partial charge in [0.1, 0.15) is 29.5 Å². The van der Waals surface area contributed by atoms with Gasteiger partial charge >= 0.3 is 6.03 Å². The molecule has 0 aliphatic rings. The van der Waals surface area contributed by atoms with Gasteiger partial charge in [-0.3, -0.25) is 14.9 Å². The molecule has 9 aromatic rings. The number of nitrogens with one attached hydrogen (secondary N) is 3. The number of urea groups is 1. The van der Waals surface area contributed by atoms with Gasteiger partial charge in [0.15, 0.2) is 5.78 Å². The summed E-state index contributed by atoms with van der Waals surface area (Å²) < 4.78 is 2.00. The van der Waals surface area contributed by atoms with Gasteiger partial charge in [0.25, 0.3) is 5.91 Å². The highest BCUT2D eigenvalue weighted by molar-refractivity contribution is 14.1. The van der Waals surface area contributed by atoms with Crippen LogP contribution in [0.15, 0.2) is 208 Å². The molecule has 0 aliphatic heterocycles. The molecule has 5 N–H and O–H groups in total. The van der Waals surface area contributed by atoms with E-state index in [4.69, 9.17) is 9.68 Å². The highest BCUT2D eigenvalue weighted by Gasteiger charge is 2.15. The van der Waals surface area contributed by atoms with Crippen molar-refractivity contribution in [1.29, 1.82) is 0 Å². The molecule has 9 rings (SSSR count). The Kier molecular flexibility index (Phi) is 15.1. The number of ketones is 1. The van der Waals surface area contributed by atoms with Crippen molar-refractivity contribution in [3.05, 3.63) is 211 Å². The van der Waals surface area contributed by atoms with Gasteiger partial charge in [-0.05, 0) is 176 Å². The van der Waals surface area contributed by atoms with Crippen LogP contribution in [0.3, 0.4) is 0 Å². The zero-order valence-corrected chi connectivity index (χ0v) is 41.8. The van der Waals surface area contributed by atoms with Crippen molar-refractivity contribution >= 4 is 125 Å². The average molecular weight is 1180 g/mol. The number of benzene rings is 9. The zero-order chi connectivity index (χ0) is 50.0. The van der Waals surface area contributed by atoms with Crippen LogP contribution in [0.1, 0.15) is 31.8 Å². The van der Waals surface area contributed by atoms with Crippen molar-refractivity contribution in [1.82, 2.24) is 5.32 Å². The Labute approximate surface area is 438 Å². The number of nitrogens with zero attached hydrogens (tertiary/aromatic N) is 5. The maximum atomic E-state index is 13.5. The third-order valence-corrected chi connectivity index (χ3v) is 12.3. The Hall–Kier alpha value is -8.56. The SMILES string of the molecule is O=C(NC(=O)c1ccc2c(N=Nc3ccc(-c4ccc(C(=O)c5ccc(N=Nc6c(O)ccc7cc(CO/N=C/ONc8cccc(I)c8)ccc67)cc5)cc4)cc3)c(O)ccc2c1)Nc1cccc(I)c1. The van der Waals surface area contributed by atoms with Crippen molar-refractivity contribution in [2.24, 2.45) is 25.6 Å². The fourth-order valence-electron chi connectivity index (χ4n) is 7.40. The number of anilines is 2. The van der Waals surface area contributed by atoms with Crippen molar-refractivity contribution < 1.29 is 34.3 Å². The number of carbonyl (C=O) groups excluding carboxylic acids is 3. The minimum absolute atomic E-state index is 0.0300. The van der Waals surface area contributed by atoms with E-state index in [1.807, 2.05) is 72.8 Å². The molecule has 354 valence electrons. The maximum Gasteiger partial charge on any atom is 0.326 e. The number of imide groups is 1. The Balaban J connectivity index is 0.786. The lowest BCUT2D eigenvalue weighted by molar-refractivity contribution is 0.0966. The maximum absolute atomic E-state index is 13.5. The molecule has 0 bridgehead atoms. The molecule has 0 fully saturated rings. The number of oxime groups is 1. The smallest absolute Gasteiger partial charge is 0.326 e. The topological polar surface area (TPSA) is 208 Å². The van der Waals surface area contributed by atoms with Crippen LogP contribution in [-0.4, -0.2) is 34.3 Å². The Morgan fingerprint density at radius 3 is 1.69 bits per heavy atom. The number of phenols is 2. The lowest BCUT2D eigenvalue weighted by Crippen LogP contribution is -2.34. The van der Waals surface area contributed by atoms with E-state index in [0.717, 1.165) is 34.9 Å². The van der Waals surface area contributed by atoms with Crippen molar-refractivity contribution in [3.8, 4) is 22.6 Å². The summed E-state index contributed by atoms with van der Waals surface area (Å²) in [6, 6.07) is 52.4. The van der Waals surface area contributed by atoms with Gasteiger partial charge in [0, 0.05) is 40.3 Å². The van der Waals surface area contributed by atoms with Gasteiger partial charge in [-0.25, -0.2) is 10.3 Å². The molecule has 0 aromatic heterocycles. The fraction of sp³-hybridized carbons (Fsp3) is 0.0182. The van der Waals surface area contributed by atoms with Gasteiger partial charge in [-0.1, -0.05) is 84.0 Å². The van der Waals surface area contributed by atoms with Crippen LogP contribution in [0.2, 0.25) is 0 Å². The Morgan fingerprint density at radius 1 is 0.542 bits per heavy atom. The van der Waals surface area contributed by atoms with Crippen LogP contribution in [0.5, 0.6) is 11.5 Å². The average Bonchev–Trinajstić information content (AvgIpc) is 3.39. The molecule has 0 aliphatic carbocycles. The number of azo groups is 2. The molecule has 15 nitrogen and oxygen atoms in total. The number of amides is 3. The van der Waals surface area contributed by atoms with Gasteiger partial charge in [-0.15, -0.1) is 10.2 Å². The van der Waals surface area contributed by atoms with Crippen LogP contribution in [0.4, 0.5) is 38.9 Å². The fourth-order valence-corrected chi connectivity index (χ4v) is 8.49. The molecular formula is C55H38I2N8O7. The first-order valence-electron chi connectivity index (χ1n) is 21.9. The van der Waals surface area contributed by atoms with Crippen molar-refractivity contribution in [2.75, 3.05) is 10.8 Å². The number of hydrogen-bond donors (Lipinski definition) is 5. The second-order valence-corrected chi connectivity index (χ2v) is 18.4. The summed E-state index contributed by atoms with van der Waals surface area (Å²) in [6.07, 6.45) is 1.17. The number of rotatable bonds is 15. The summed E-state index contributed by atoms with van der Waals surface area (Å²) in [7, 11) is 0. The van der Waals surface area contributed by atoms with Crippen molar-refractivity contribution in [3.63, 3.8) is 0 Å². The third kappa shape index (κ3) is 12.1. The number of aromatic hydroxyl groups is 2. The van der Waals surface area contributed by atoms with Crippen LogP contribution in [0.25, 0.3) is 32.7 Å². The highest BCUT2D eigenvalue weighted by Crippen LogP contribution is 2.38. The monoisotopic (exact) mass is 1180 g/mol. The molecule has 9 aromatic carbocycles. The molecule has 72 heavy (non-hydrogen) atoms. The molecule has 3 amide bonds. The van der Waals surface area contributed by atoms with E-state index in [9.17, 15) is 24.6 Å². The molecule has 0 radical (unpaired) electrons. The largest absolute Gasteiger partial charge is 0.506 e. The zero-order valence-electron chi connectivity index (χ0n) is 37.5. The van der Waals surface area contributed by atoms with E-state index >= 15 is 0 Å². The summed E-state index contributed by atoms with van der Waals surface area (Å²) in [6.45, 7) is 0.188. The summed E-state index contributed by atoms with van der Waals surface area (Å²) >= 11 is 4.35. The minimum Gasteiger partial charge on any atom is -0.506 e. The van der Waals surface area contributed by atoms with Crippen molar-refractivity contribution in [2.45, 2.75) is 6.61 Å². The Morgan fingerprint density at radius 2 is 1.07 bits per heavy atom.